The Bertz CT molecular complexity index is 418. The predicted molar refractivity (Wildman–Crippen MR) is 72.1 cm³/mol. The molecule has 1 heterocycles. The molecule has 0 aliphatic carbocycles. The van der Waals surface area contributed by atoms with Gasteiger partial charge in [0.15, 0.2) is 0 Å². The molecule has 3 nitrogen and oxygen atoms in total. The number of likely N-dealkylation sites (tertiary alicyclic amines) is 1. The van der Waals surface area contributed by atoms with Crippen molar-refractivity contribution >= 4 is 17.6 Å². The Hall–Kier alpha value is -1.06. The third-order valence-corrected chi connectivity index (χ3v) is 3.93. The lowest BCUT2D eigenvalue weighted by Crippen LogP contribution is -2.39. The quantitative estimate of drug-likeness (QED) is 0.912. The van der Waals surface area contributed by atoms with Crippen LogP contribution in [0.5, 0.6) is 0 Å². The number of carbonyl (C=O) groups is 1. The molecule has 0 bridgehead atoms. The largest absolute Gasteiger partial charge is 0.480 e. The molecule has 1 aliphatic rings. The van der Waals surface area contributed by atoms with Gasteiger partial charge in [-0.05, 0) is 43.0 Å². The van der Waals surface area contributed by atoms with Crippen LogP contribution in [0.3, 0.4) is 0 Å². The van der Waals surface area contributed by atoms with E-state index in [2.05, 4.69) is 4.90 Å². The zero-order valence-corrected chi connectivity index (χ0v) is 11.2. The Balaban J connectivity index is 2.04. The Kier molecular flexibility index (Phi) is 4.25. The van der Waals surface area contributed by atoms with Crippen LogP contribution >= 0.6 is 11.6 Å². The van der Waals surface area contributed by atoms with E-state index in [-0.39, 0.29) is 6.04 Å². The molecule has 0 aromatic heterocycles. The highest BCUT2D eigenvalue weighted by molar-refractivity contribution is 6.30. The minimum Gasteiger partial charge on any atom is -0.480 e. The van der Waals surface area contributed by atoms with Gasteiger partial charge in [0.2, 0.25) is 0 Å². The molecule has 2 unspecified atom stereocenters. The maximum Gasteiger partial charge on any atom is 0.320 e. The van der Waals surface area contributed by atoms with Crippen LogP contribution in [0, 0.1) is 0 Å². The highest BCUT2D eigenvalue weighted by Gasteiger charge is 2.31. The first kappa shape index (κ1) is 13.4. The van der Waals surface area contributed by atoms with E-state index in [0.717, 1.165) is 24.5 Å². The van der Waals surface area contributed by atoms with Gasteiger partial charge in [0.1, 0.15) is 6.04 Å². The molecular formula is C14H18ClNO2. The normalized spacial score (nSPS) is 22.0. The minimum atomic E-state index is -0.714. The third-order valence-electron chi connectivity index (χ3n) is 3.67. The number of nitrogens with zero attached hydrogens (tertiary/aromatic N) is 1. The van der Waals surface area contributed by atoms with Crippen molar-refractivity contribution in [1.29, 1.82) is 0 Å². The highest BCUT2D eigenvalue weighted by Crippen LogP contribution is 2.29. The van der Waals surface area contributed by atoms with E-state index >= 15 is 0 Å². The molecule has 1 saturated heterocycles. The number of benzene rings is 1. The second-order valence-electron chi connectivity index (χ2n) is 4.79. The van der Waals surface area contributed by atoms with Gasteiger partial charge in [-0.2, -0.15) is 0 Å². The number of carboxylic acid groups (broad SMARTS) is 1. The van der Waals surface area contributed by atoms with Crippen LogP contribution in [0.4, 0.5) is 0 Å². The summed E-state index contributed by atoms with van der Waals surface area (Å²) in [4.78, 5) is 13.2. The monoisotopic (exact) mass is 267 g/mol. The average Bonchev–Trinajstić information content (AvgIpc) is 2.80. The van der Waals surface area contributed by atoms with Gasteiger partial charge >= 0.3 is 5.97 Å². The number of halogens is 1. The maximum atomic E-state index is 11.1. The van der Waals surface area contributed by atoms with Crippen molar-refractivity contribution in [2.45, 2.75) is 31.7 Å². The number of rotatable bonds is 4. The maximum absolute atomic E-state index is 11.1. The summed E-state index contributed by atoms with van der Waals surface area (Å²) in [6, 6.07) is 7.53. The van der Waals surface area contributed by atoms with E-state index in [1.54, 1.807) is 0 Å². The second-order valence-corrected chi connectivity index (χ2v) is 5.23. The highest BCUT2D eigenvalue weighted by atomic mass is 35.5. The Morgan fingerprint density at radius 2 is 2.17 bits per heavy atom. The lowest BCUT2D eigenvalue weighted by Gasteiger charge is -2.23. The van der Waals surface area contributed by atoms with Crippen LogP contribution in [-0.4, -0.2) is 35.1 Å². The molecule has 1 fully saturated rings. The van der Waals surface area contributed by atoms with Gasteiger partial charge < -0.3 is 5.11 Å². The van der Waals surface area contributed by atoms with Gasteiger partial charge in [0, 0.05) is 11.6 Å². The molecule has 0 radical (unpaired) electrons. The SMILES string of the molecule is CCC(C(=O)O)N1CCC(c2ccc(Cl)cc2)C1. The smallest absolute Gasteiger partial charge is 0.320 e. The van der Waals surface area contributed by atoms with Gasteiger partial charge in [-0.25, -0.2) is 0 Å². The van der Waals surface area contributed by atoms with Crippen molar-refractivity contribution in [1.82, 2.24) is 4.90 Å². The van der Waals surface area contributed by atoms with Gasteiger partial charge in [-0.15, -0.1) is 0 Å². The second kappa shape index (κ2) is 5.72. The Labute approximate surface area is 112 Å². The van der Waals surface area contributed by atoms with Gasteiger partial charge in [0.25, 0.3) is 0 Å². The van der Waals surface area contributed by atoms with E-state index in [1.165, 1.54) is 5.56 Å². The summed E-state index contributed by atoms with van der Waals surface area (Å²) in [6.07, 6.45) is 1.67. The van der Waals surface area contributed by atoms with Crippen LogP contribution in [0.1, 0.15) is 31.2 Å². The molecule has 2 rings (SSSR count). The number of carboxylic acids is 1. The van der Waals surface area contributed by atoms with Crippen molar-refractivity contribution in [3.05, 3.63) is 34.9 Å². The van der Waals surface area contributed by atoms with Crippen LogP contribution in [0.25, 0.3) is 0 Å². The first-order chi connectivity index (χ1) is 8.61. The Morgan fingerprint density at radius 1 is 1.50 bits per heavy atom. The molecule has 98 valence electrons. The predicted octanol–water partition coefficient (Wildman–Crippen LogP) is 2.99. The lowest BCUT2D eigenvalue weighted by molar-refractivity contribution is -0.143. The Morgan fingerprint density at radius 3 is 2.72 bits per heavy atom. The van der Waals surface area contributed by atoms with Crippen molar-refractivity contribution in [2.24, 2.45) is 0 Å². The fourth-order valence-corrected chi connectivity index (χ4v) is 2.79. The van der Waals surface area contributed by atoms with Crippen LogP contribution in [-0.2, 0) is 4.79 Å². The van der Waals surface area contributed by atoms with Crippen molar-refractivity contribution in [3.8, 4) is 0 Å². The molecule has 18 heavy (non-hydrogen) atoms. The van der Waals surface area contributed by atoms with Crippen molar-refractivity contribution in [3.63, 3.8) is 0 Å². The summed E-state index contributed by atoms with van der Waals surface area (Å²) < 4.78 is 0. The molecule has 1 aromatic carbocycles. The van der Waals surface area contributed by atoms with E-state index in [0.29, 0.717) is 12.3 Å². The molecule has 0 spiro atoms. The summed E-state index contributed by atoms with van der Waals surface area (Å²) in [7, 11) is 0. The fourth-order valence-electron chi connectivity index (χ4n) is 2.67. The molecule has 0 saturated carbocycles. The van der Waals surface area contributed by atoms with E-state index in [9.17, 15) is 4.79 Å². The summed E-state index contributed by atoms with van der Waals surface area (Å²) in [5.74, 6) is -0.287. The van der Waals surface area contributed by atoms with Gasteiger partial charge in [0.05, 0.1) is 0 Å². The fraction of sp³-hybridized carbons (Fsp3) is 0.500. The standard InChI is InChI=1S/C14H18ClNO2/c1-2-13(14(17)18)16-8-7-11(9-16)10-3-5-12(15)6-4-10/h3-6,11,13H,2,7-9H2,1H3,(H,17,18). The average molecular weight is 268 g/mol. The van der Waals surface area contributed by atoms with Crippen molar-refractivity contribution in [2.75, 3.05) is 13.1 Å². The van der Waals surface area contributed by atoms with Crippen LogP contribution < -0.4 is 0 Å². The molecule has 4 heteroatoms. The summed E-state index contributed by atoms with van der Waals surface area (Å²) in [5.41, 5.74) is 1.25. The lowest BCUT2D eigenvalue weighted by atomic mass is 9.99. The van der Waals surface area contributed by atoms with E-state index < -0.39 is 5.97 Å². The zero-order valence-electron chi connectivity index (χ0n) is 10.5. The van der Waals surface area contributed by atoms with E-state index in [1.807, 2.05) is 31.2 Å². The number of hydrogen-bond donors (Lipinski definition) is 1. The molecule has 1 aromatic rings. The first-order valence-corrected chi connectivity index (χ1v) is 6.72. The van der Waals surface area contributed by atoms with E-state index in [4.69, 9.17) is 16.7 Å². The summed E-state index contributed by atoms with van der Waals surface area (Å²) in [6.45, 7) is 3.61. The topological polar surface area (TPSA) is 40.5 Å². The molecule has 2 atom stereocenters. The molecule has 1 aliphatic heterocycles. The summed E-state index contributed by atoms with van der Waals surface area (Å²) >= 11 is 5.87. The third kappa shape index (κ3) is 2.85. The number of hydrogen-bond acceptors (Lipinski definition) is 2. The van der Waals surface area contributed by atoms with Gasteiger partial charge in [-0.1, -0.05) is 30.7 Å². The van der Waals surface area contributed by atoms with Crippen molar-refractivity contribution < 1.29 is 9.90 Å². The first-order valence-electron chi connectivity index (χ1n) is 6.34. The van der Waals surface area contributed by atoms with Crippen LogP contribution in [0.2, 0.25) is 5.02 Å². The minimum absolute atomic E-state index is 0.345. The molecule has 1 N–H and O–H groups in total. The van der Waals surface area contributed by atoms with Crippen LogP contribution in [0.15, 0.2) is 24.3 Å². The molecular weight excluding hydrogens is 250 g/mol. The summed E-state index contributed by atoms with van der Waals surface area (Å²) in [5, 5.41) is 9.91. The zero-order chi connectivity index (χ0) is 13.1. The van der Waals surface area contributed by atoms with Gasteiger partial charge in [-0.3, -0.25) is 9.69 Å². The number of aliphatic carboxylic acids is 1. The molecule has 0 amide bonds.